The molecule has 8 heteroatoms. The molecule has 0 saturated carbocycles. The highest BCUT2D eigenvalue weighted by atomic mass is 32.2. The predicted octanol–water partition coefficient (Wildman–Crippen LogP) is 1.89. The maximum Gasteiger partial charge on any atom is 0.249 e. The number of rotatable bonds is 3. The highest BCUT2D eigenvalue weighted by molar-refractivity contribution is 7.99. The van der Waals surface area contributed by atoms with Gasteiger partial charge >= 0.3 is 0 Å². The lowest BCUT2D eigenvalue weighted by Crippen LogP contribution is -2.31. The van der Waals surface area contributed by atoms with Gasteiger partial charge in [-0.15, -0.1) is 10.2 Å². The number of ether oxygens (including phenoxy) is 1. The number of amides is 1. The van der Waals surface area contributed by atoms with Gasteiger partial charge in [0.1, 0.15) is 0 Å². The molecule has 1 aliphatic heterocycles. The van der Waals surface area contributed by atoms with E-state index in [-0.39, 0.29) is 12.5 Å². The smallest absolute Gasteiger partial charge is 0.249 e. The average molecular weight is 327 g/mol. The van der Waals surface area contributed by atoms with Gasteiger partial charge in [-0.1, -0.05) is 30.0 Å². The van der Waals surface area contributed by atoms with E-state index in [0.717, 1.165) is 16.5 Å². The second kappa shape index (κ2) is 5.54. The monoisotopic (exact) mass is 327 g/mol. The van der Waals surface area contributed by atoms with Crippen molar-refractivity contribution < 1.29 is 9.53 Å². The van der Waals surface area contributed by atoms with Crippen LogP contribution in [0.25, 0.3) is 10.9 Å². The topological polar surface area (TPSA) is 81.9 Å². The summed E-state index contributed by atoms with van der Waals surface area (Å²) in [7, 11) is 0. The summed E-state index contributed by atoms with van der Waals surface area (Å²) in [4.78, 5) is 16.0. The zero-order chi connectivity index (χ0) is 15.8. The molecular formula is C15H13N5O2S. The molecule has 3 heterocycles. The molecule has 0 fully saturated rings. The van der Waals surface area contributed by atoms with E-state index in [1.165, 1.54) is 11.8 Å². The number of nitrogens with zero attached hydrogens (tertiary/aromatic N) is 4. The number of thioether (sulfide) groups is 1. The second-order valence-corrected chi connectivity index (χ2v) is 6.08. The third-order valence-electron chi connectivity index (χ3n) is 3.52. The largest absolute Gasteiger partial charge is 0.469 e. The number of pyridine rings is 1. The summed E-state index contributed by atoms with van der Waals surface area (Å²) in [5, 5.41) is 9.85. The molecule has 0 aliphatic carbocycles. The van der Waals surface area contributed by atoms with Gasteiger partial charge < -0.3 is 4.74 Å². The Morgan fingerprint density at radius 3 is 3.13 bits per heavy atom. The van der Waals surface area contributed by atoms with Crippen LogP contribution in [0.15, 0.2) is 35.5 Å². The lowest BCUT2D eigenvalue weighted by molar-refractivity contribution is -0.115. The molecule has 0 unspecified atom stereocenters. The molecule has 0 saturated heterocycles. The third kappa shape index (κ3) is 2.61. The molecule has 1 aliphatic rings. The summed E-state index contributed by atoms with van der Waals surface area (Å²) >= 11 is 1.35. The molecular weight excluding hydrogens is 314 g/mol. The van der Waals surface area contributed by atoms with Crippen LogP contribution in [0.2, 0.25) is 0 Å². The maximum absolute atomic E-state index is 11.5. The molecule has 1 N–H and O–H groups in total. The van der Waals surface area contributed by atoms with Crippen LogP contribution in [0.4, 0.5) is 0 Å². The van der Waals surface area contributed by atoms with E-state index >= 15 is 0 Å². The van der Waals surface area contributed by atoms with Crippen LogP contribution in [-0.4, -0.2) is 31.5 Å². The van der Waals surface area contributed by atoms with Crippen molar-refractivity contribution in [1.82, 2.24) is 19.9 Å². The van der Waals surface area contributed by atoms with E-state index in [2.05, 4.69) is 20.6 Å². The first-order valence-electron chi connectivity index (χ1n) is 7.07. The van der Waals surface area contributed by atoms with Gasteiger partial charge in [-0.2, -0.15) is 0 Å². The van der Waals surface area contributed by atoms with Crippen LogP contribution in [0.3, 0.4) is 0 Å². The number of carbonyl (C=O) groups is 1. The standard InChI is InChI=1S/C15H13N5O2S/c1-9-6-14(16-11-5-3-2-4-10(9)11)22-7-12-17-18-15-20(12)19-13(21)8-23-15/h2-6H,7-8H2,1H3,(H,19,21). The lowest BCUT2D eigenvalue weighted by Gasteiger charge is -2.15. The maximum atomic E-state index is 11.5. The Labute approximate surface area is 136 Å². The fourth-order valence-electron chi connectivity index (χ4n) is 2.42. The van der Waals surface area contributed by atoms with Crippen LogP contribution in [0, 0.1) is 6.92 Å². The fraction of sp³-hybridized carbons (Fsp3) is 0.200. The number of fused-ring (bicyclic) bond motifs is 2. The highest BCUT2D eigenvalue weighted by Gasteiger charge is 2.21. The number of carbonyl (C=O) groups excluding carboxylic acids is 1. The first-order valence-corrected chi connectivity index (χ1v) is 8.05. The summed E-state index contributed by atoms with van der Waals surface area (Å²) < 4.78 is 7.31. The molecule has 7 nitrogen and oxygen atoms in total. The Morgan fingerprint density at radius 1 is 1.35 bits per heavy atom. The van der Waals surface area contributed by atoms with Gasteiger partial charge in [0.2, 0.25) is 16.9 Å². The van der Waals surface area contributed by atoms with E-state index < -0.39 is 0 Å². The summed E-state index contributed by atoms with van der Waals surface area (Å²) in [6, 6.07) is 9.80. The molecule has 2 aromatic heterocycles. The highest BCUT2D eigenvalue weighted by Crippen LogP contribution is 2.23. The molecule has 0 atom stereocenters. The minimum atomic E-state index is -0.0803. The molecule has 0 radical (unpaired) electrons. The van der Waals surface area contributed by atoms with Crippen molar-refractivity contribution in [3.8, 4) is 5.88 Å². The lowest BCUT2D eigenvalue weighted by atomic mass is 10.1. The number of nitrogens with one attached hydrogen (secondary N) is 1. The summed E-state index contributed by atoms with van der Waals surface area (Å²) in [5.74, 6) is 1.33. The van der Waals surface area contributed by atoms with E-state index in [0.29, 0.717) is 22.6 Å². The summed E-state index contributed by atoms with van der Waals surface area (Å²) in [6.07, 6.45) is 0. The van der Waals surface area contributed by atoms with E-state index in [4.69, 9.17) is 4.74 Å². The van der Waals surface area contributed by atoms with Crippen molar-refractivity contribution >= 4 is 28.6 Å². The number of aryl methyl sites for hydroxylation is 1. The molecule has 1 aromatic carbocycles. The van der Waals surface area contributed by atoms with E-state index in [9.17, 15) is 4.79 Å². The first kappa shape index (κ1) is 14.0. The number of benzene rings is 1. The second-order valence-electron chi connectivity index (χ2n) is 5.14. The molecule has 23 heavy (non-hydrogen) atoms. The molecule has 116 valence electrons. The third-order valence-corrected chi connectivity index (χ3v) is 4.45. The molecule has 4 rings (SSSR count). The van der Waals surface area contributed by atoms with Gasteiger partial charge in [0.15, 0.2) is 12.4 Å². The zero-order valence-corrected chi connectivity index (χ0v) is 13.1. The Balaban J connectivity index is 1.58. The van der Waals surface area contributed by atoms with Crippen LogP contribution in [0.1, 0.15) is 11.4 Å². The number of hydrogen-bond acceptors (Lipinski definition) is 6. The van der Waals surface area contributed by atoms with Gasteiger partial charge in [-0.25, -0.2) is 9.66 Å². The normalized spacial score (nSPS) is 13.7. The number of hydrogen-bond donors (Lipinski definition) is 1. The van der Waals surface area contributed by atoms with Crippen molar-refractivity contribution in [2.45, 2.75) is 18.7 Å². The molecule has 3 aromatic rings. The van der Waals surface area contributed by atoms with E-state index in [1.54, 1.807) is 4.68 Å². The van der Waals surface area contributed by atoms with Crippen molar-refractivity contribution in [1.29, 1.82) is 0 Å². The molecule has 0 bridgehead atoms. The van der Waals surface area contributed by atoms with Crippen molar-refractivity contribution in [2.24, 2.45) is 0 Å². The molecule has 1 amide bonds. The van der Waals surface area contributed by atoms with Gasteiger partial charge in [0.25, 0.3) is 0 Å². The van der Waals surface area contributed by atoms with Gasteiger partial charge in [0, 0.05) is 11.5 Å². The quantitative estimate of drug-likeness (QED) is 0.791. The minimum Gasteiger partial charge on any atom is -0.469 e. The van der Waals surface area contributed by atoms with Gasteiger partial charge in [0.05, 0.1) is 11.3 Å². The van der Waals surface area contributed by atoms with Crippen molar-refractivity contribution in [3.05, 3.63) is 41.7 Å². The Morgan fingerprint density at radius 2 is 2.22 bits per heavy atom. The summed E-state index contributed by atoms with van der Waals surface area (Å²) in [5.41, 5.74) is 4.70. The van der Waals surface area contributed by atoms with E-state index in [1.807, 2.05) is 37.3 Å². The SMILES string of the molecule is Cc1cc(OCc2nnc3n2NC(=O)CS3)nc2ccccc12. The number of aromatic nitrogens is 4. The van der Waals surface area contributed by atoms with Crippen molar-refractivity contribution in [2.75, 3.05) is 11.2 Å². The average Bonchev–Trinajstić information content (AvgIpc) is 2.95. The fourth-order valence-corrected chi connectivity index (χ4v) is 3.12. The van der Waals surface area contributed by atoms with Crippen LogP contribution < -0.4 is 10.2 Å². The van der Waals surface area contributed by atoms with Crippen LogP contribution in [0.5, 0.6) is 5.88 Å². The Hall–Kier alpha value is -2.61. The van der Waals surface area contributed by atoms with Crippen LogP contribution in [-0.2, 0) is 11.4 Å². The minimum absolute atomic E-state index is 0.0803. The predicted molar refractivity (Wildman–Crippen MR) is 85.9 cm³/mol. The zero-order valence-electron chi connectivity index (χ0n) is 12.3. The van der Waals surface area contributed by atoms with Gasteiger partial charge in [-0.05, 0) is 18.6 Å². The Kier molecular flexibility index (Phi) is 3.38. The number of para-hydroxylation sites is 1. The van der Waals surface area contributed by atoms with Crippen molar-refractivity contribution in [3.63, 3.8) is 0 Å². The van der Waals surface area contributed by atoms with Crippen LogP contribution >= 0.6 is 11.8 Å². The van der Waals surface area contributed by atoms with Gasteiger partial charge in [-0.3, -0.25) is 10.2 Å². The molecule has 0 spiro atoms. The Bertz CT molecular complexity index is 908. The summed E-state index contributed by atoms with van der Waals surface area (Å²) in [6.45, 7) is 2.20. The first-order chi connectivity index (χ1) is 11.2.